The molecule has 0 aliphatic carbocycles. The first-order valence-corrected chi connectivity index (χ1v) is 10.6. The minimum absolute atomic E-state index is 0.325. The zero-order chi connectivity index (χ0) is 22.1. The maximum Gasteiger partial charge on any atom is 0.247 e. The lowest BCUT2D eigenvalue weighted by Gasteiger charge is -2.25. The maximum atomic E-state index is 9.71. The molecule has 0 amide bonds. The van der Waals surface area contributed by atoms with Gasteiger partial charge in [0.1, 0.15) is 12.1 Å². The Hall–Kier alpha value is -4.15. The number of nitrogens with zero attached hydrogens (tertiary/aromatic N) is 7. The number of hydrogen-bond donors (Lipinski definition) is 3. The van der Waals surface area contributed by atoms with Gasteiger partial charge in [0, 0.05) is 35.4 Å². The van der Waals surface area contributed by atoms with Gasteiger partial charge in [0.25, 0.3) is 0 Å². The SMILES string of the molecule is CCNc1nc(Nc2ccc3c(c2)c(C#N)cn3C2CCNCC2)nn2c(C#N)cnc12. The molecule has 10 nitrogen and oxygen atoms in total. The van der Waals surface area contributed by atoms with Crippen LogP contribution in [0.3, 0.4) is 0 Å². The molecule has 0 atom stereocenters. The molecule has 0 bridgehead atoms. The van der Waals surface area contributed by atoms with Crippen molar-refractivity contribution in [1.82, 2.24) is 29.5 Å². The van der Waals surface area contributed by atoms with Gasteiger partial charge >= 0.3 is 0 Å². The fourth-order valence-electron chi connectivity index (χ4n) is 4.23. The Morgan fingerprint density at radius 3 is 2.81 bits per heavy atom. The average molecular weight is 426 g/mol. The molecule has 160 valence electrons. The predicted octanol–water partition coefficient (Wildman–Crippen LogP) is 2.92. The summed E-state index contributed by atoms with van der Waals surface area (Å²) in [5.41, 5.74) is 3.27. The zero-order valence-electron chi connectivity index (χ0n) is 17.6. The van der Waals surface area contributed by atoms with Gasteiger partial charge in [-0.2, -0.15) is 20.0 Å². The van der Waals surface area contributed by atoms with E-state index in [9.17, 15) is 10.5 Å². The number of imidazole rings is 1. The number of fused-ring (bicyclic) bond motifs is 2. The van der Waals surface area contributed by atoms with Crippen molar-refractivity contribution in [2.75, 3.05) is 30.3 Å². The Labute approximate surface area is 184 Å². The number of aromatic nitrogens is 5. The topological polar surface area (TPSA) is 132 Å². The maximum absolute atomic E-state index is 9.71. The normalized spacial score (nSPS) is 14.3. The lowest BCUT2D eigenvalue weighted by Crippen LogP contribution is -2.29. The first kappa shape index (κ1) is 19.8. The van der Waals surface area contributed by atoms with E-state index >= 15 is 0 Å². The molecule has 3 N–H and O–H groups in total. The summed E-state index contributed by atoms with van der Waals surface area (Å²) in [6, 6.07) is 10.7. The van der Waals surface area contributed by atoms with E-state index in [-0.39, 0.29) is 0 Å². The van der Waals surface area contributed by atoms with Crippen LogP contribution in [0.25, 0.3) is 16.6 Å². The van der Waals surface area contributed by atoms with Gasteiger partial charge in [0.05, 0.1) is 11.8 Å². The van der Waals surface area contributed by atoms with Crippen molar-refractivity contribution in [1.29, 1.82) is 10.5 Å². The van der Waals surface area contributed by atoms with E-state index in [0.29, 0.717) is 41.3 Å². The van der Waals surface area contributed by atoms with Crippen LogP contribution in [0, 0.1) is 22.7 Å². The van der Waals surface area contributed by atoms with Gasteiger partial charge in [0.15, 0.2) is 17.2 Å². The van der Waals surface area contributed by atoms with Crippen LogP contribution in [0.15, 0.2) is 30.6 Å². The van der Waals surface area contributed by atoms with E-state index in [1.807, 2.05) is 31.3 Å². The summed E-state index contributed by atoms with van der Waals surface area (Å²) < 4.78 is 3.70. The van der Waals surface area contributed by atoms with Crippen molar-refractivity contribution in [3.63, 3.8) is 0 Å². The first-order valence-electron chi connectivity index (χ1n) is 10.6. The highest BCUT2D eigenvalue weighted by Crippen LogP contribution is 2.31. The van der Waals surface area contributed by atoms with E-state index in [2.05, 4.69) is 47.7 Å². The summed E-state index contributed by atoms with van der Waals surface area (Å²) in [5.74, 6) is 0.876. The summed E-state index contributed by atoms with van der Waals surface area (Å²) in [4.78, 5) is 8.78. The molecule has 1 fully saturated rings. The molecule has 32 heavy (non-hydrogen) atoms. The lowest BCUT2D eigenvalue weighted by molar-refractivity contribution is 0.376. The lowest BCUT2D eigenvalue weighted by atomic mass is 10.1. The van der Waals surface area contributed by atoms with E-state index < -0.39 is 0 Å². The van der Waals surface area contributed by atoms with Crippen LogP contribution >= 0.6 is 0 Å². The molecule has 3 aromatic heterocycles. The van der Waals surface area contributed by atoms with E-state index in [0.717, 1.165) is 42.5 Å². The van der Waals surface area contributed by atoms with E-state index in [1.165, 1.54) is 10.7 Å². The summed E-state index contributed by atoms with van der Waals surface area (Å²) in [5, 5.41) is 34.2. The second-order valence-corrected chi connectivity index (χ2v) is 7.70. The fraction of sp³-hybridized carbons (Fsp3) is 0.318. The Bertz CT molecular complexity index is 1380. The van der Waals surface area contributed by atoms with Crippen LogP contribution in [0.2, 0.25) is 0 Å². The average Bonchev–Trinajstić information content (AvgIpc) is 3.41. The van der Waals surface area contributed by atoms with Crippen molar-refractivity contribution in [3.8, 4) is 12.1 Å². The van der Waals surface area contributed by atoms with Crippen molar-refractivity contribution < 1.29 is 0 Å². The Morgan fingerprint density at radius 1 is 1.22 bits per heavy atom. The van der Waals surface area contributed by atoms with Crippen molar-refractivity contribution in [2.45, 2.75) is 25.8 Å². The third-order valence-corrected chi connectivity index (χ3v) is 5.73. The Kier molecular flexibility index (Phi) is 5.06. The summed E-state index contributed by atoms with van der Waals surface area (Å²) >= 11 is 0. The minimum atomic E-state index is 0.325. The number of piperidine rings is 1. The molecule has 1 saturated heterocycles. The van der Waals surface area contributed by atoms with Gasteiger partial charge in [-0.05, 0) is 51.1 Å². The highest BCUT2D eigenvalue weighted by Gasteiger charge is 2.19. The number of rotatable bonds is 5. The monoisotopic (exact) mass is 426 g/mol. The highest BCUT2D eigenvalue weighted by molar-refractivity contribution is 5.90. The highest BCUT2D eigenvalue weighted by atomic mass is 15.4. The number of nitriles is 2. The fourth-order valence-corrected chi connectivity index (χ4v) is 4.23. The van der Waals surface area contributed by atoms with Crippen LogP contribution in [0.5, 0.6) is 0 Å². The van der Waals surface area contributed by atoms with Gasteiger partial charge in [0.2, 0.25) is 5.95 Å². The standard InChI is InChI=1S/C22H22N10/c1-2-26-20-21-27-12-17(11-24)32(21)30-22(29-20)28-15-3-4-19-18(9-15)14(10-23)13-31(19)16-5-7-25-8-6-16/h3-4,9,12-13,16,25H,2,5-8H2,1H3,(H2,26,28,29,30). The van der Waals surface area contributed by atoms with Crippen LogP contribution in [-0.4, -0.2) is 43.8 Å². The molecule has 4 heterocycles. The van der Waals surface area contributed by atoms with Crippen molar-refractivity contribution >= 4 is 34.0 Å². The van der Waals surface area contributed by atoms with Gasteiger partial charge in [-0.1, -0.05) is 0 Å². The second kappa shape index (κ2) is 8.17. The minimum Gasteiger partial charge on any atom is -0.367 e. The third kappa shape index (κ3) is 3.37. The molecule has 1 aliphatic heterocycles. The molecule has 10 heteroatoms. The number of anilines is 3. The van der Waals surface area contributed by atoms with Crippen LogP contribution in [0.1, 0.15) is 37.1 Å². The molecular weight excluding hydrogens is 404 g/mol. The smallest absolute Gasteiger partial charge is 0.247 e. The van der Waals surface area contributed by atoms with Crippen LogP contribution in [-0.2, 0) is 0 Å². The number of nitrogens with one attached hydrogen (secondary N) is 3. The molecule has 1 aliphatic rings. The Morgan fingerprint density at radius 2 is 2.06 bits per heavy atom. The summed E-state index contributed by atoms with van der Waals surface area (Å²) in [7, 11) is 0. The van der Waals surface area contributed by atoms with E-state index in [1.54, 1.807) is 0 Å². The van der Waals surface area contributed by atoms with Gasteiger partial charge in [-0.25, -0.2) is 4.98 Å². The van der Waals surface area contributed by atoms with Gasteiger partial charge < -0.3 is 20.5 Å². The zero-order valence-corrected chi connectivity index (χ0v) is 17.6. The van der Waals surface area contributed by atoms with Crippen LogP contribution < -0.4 is 16.0 Å². The summed E-state index contributed by atoms with van der Waals surface area (Å²) in [6.07, 6.45) is 5.52. The molecule has 0 saturated carbocycles. The first-order chi connectivity index (χ1) is 15.7. The molecular formula is C22H22N10. The van der Waals surface area contributed by atoms with E-state index in [4.69, 9.17) is 0 Å². The molecule has 0 radical (unpaired) electrons. The van der Waals surface area contributed by atoms with Gasteiger partial charge in [-0.3, -0.25) is 0 Å². The summed E-state index contributed by atoms with van der Waals surface area (Å²) in [6.45, 7) is 4.59. The quantitative estimate of drug-likeness (QED) is 0.444. The molecule has 0 unspecified atom stereocenters. The molecule has 5 rings (SSSR count). The predicted molar refractivity (Wildman–Crippen MR) is 121 cm³/mol. The third-order valence-electron chi connectivity index (χ3n) is 5.73. The van der Waals surface area contributed by atoms with Crippen molar-refractivity contribution in [3.05, 3.63) is 41.9 Å². The molecule has 0 spiro atoms. The Balaban J connectivity index is 1.54. The van der Waals surface area contributed by atoms with Gasteiger partial charge in [-0.15, -0.1) is 5.10 Å². The molecule has 4 aromatic rings. The van der Waals surface area contributed by atoms with Crippen molar-refractivity contribution in [2.24, 2.45) is 0 Å². The van der Waals surface area contributed by atoms with Crippen LogP contribution in [0.4, 0.5) is 17.5 Å². The largest absolute Gasteiger partial charge is 0.367 e. The second-order valence-electron chi connectivity index (χ2n) is 7.70. The number of benzene rings is 1. The number of hydrogen-bond acceptors (Lipinski definition) is 8. The molecule has 1 aromatic carbocycles.